The van der Waals surface area contributed by atoms with Crippen LogP contribution in [0.15, 0.2) is 0 Å². The van der Waals surface area contributed by atoms with Gasteiger partial charge in [-0.2, -0.15) is 56.3 Å². The molecule has 0 rings (SSSR count). The summed E-state index contributed by atoms with van der Waals surface area (Å²) < 4.78 is 170. The number of sulfonamides is 1. The molecule has 8 nitrogen and oxygen atoms in total. The molecular weight excluding hydrogens is 515 g/mol. The molecule has 0 fully saturated rings. The lowest BCUT2D eigenvalue weighted by Gasteiger charge is -2.34. The van der Waals surface area contributed by atoms with Crippen molar-refractivity contribution in [1.29, 1.82) is 0 Å². The number of aliphatic hydroxyl groups excluding tert-OH is 1. The van der Waals surface area contributed by atoms with Crippen LogP contribution in [0.5, 0.6) is 0 Å². The smallest absolute Gasteiger partial charge is 0.386 e. The fourth-order valence-electron chi connectivity index (χ4n) is 2.37. The lowest BCUT2D eigenvalue weighted by atomic mass is 10.1. The van der Waals surface area contributed by atoms with Crippen molar-refractivity contribution in [3.63, 3.8) is 0 Å². The summed E-state index contributed by atoms with van der Waals surface area (Å²) in [5.41, 5.74) is 0. The maximum Gasteiger partial charge on any atom is 0.463 e. The third kappa shape index (κ3) is 7.31. The SMILES string of the molecule is CCCCCC[NH+](CC(O)CS(=O)(=O)O)S(=O)(=O)C(F)(F)C(F)(F)C(F)(F)C(F)(F)F.N. The van der Waals surface area contributed by atoms with Gasteiger partial charge in [0.1, 0.15) is 18.4 Å². The fraction of sp³-hybridized carbons (Fsp3) is 1.00. The molecule has 19 heteroatoms. The number of unbranched alkanes of at least 4 members (excludes halogenated alkanes) is 3. The lowest BCUT2D eigenvalue weighted by Crippen LogP contribution is -3.17. The molecule has 32 heavy (non-hydrogen) atoms. The monoisotopic (exact) mass is 539 g/mol. The summed E-state index contributed by atoms with van der Waals surface area (Å²) in [6.45, 7) is -1.03. The molecule has 0 amide bonds. The van der Waals surface area contributed by atoms with E-state index in [1.165, 1.54) is 0 Å². The Morgan fingerprint density at radius 3 is 1.69 bits per heavy atom. The number of rotatable bonds is 13. The van der Waals surface area contributed by atoms with E-state index >= 15 is 0 Å². The van der Waals surface area contributed by atoms with Gasteiger partial charge in [0.05, 0.1) is 6.54 Å². The molecule has 0 aromatic carbocycles. The molecular formula is C13H24F9N2O6S2+. The van der Waals surface area contributed by atoms with E-state index in [2.05, 4.69) is 0 Å². The van der Waals surface area contributed by atoms with Crippen molar-refractivity contribution in [2.45, 2.75) is 62.0 Å². The highest BCUT2D eigenvalue weighted by Gasteiger charge is 2.87. The summed E-state index contributed by atoms with van der Waals surface area (Å²) in [7, 11) is -11.9. The molecule has 6 N–H and O–H groups in total. The van der Waals surface area contributed by atoms with E-state index in [9.17, 15) is 61.5 Å². The highest BCUT2D eigenvalue weighted by Crippen LogP contribution is 2.54. The van der Waals surface area contributed by atoms with Gasteiger partial charge >= 0.3 is 33.3 Å². The van der Waals surface area contributed by atoms with Gasteiger partial charge in [-0.1, -0.05) is 19.8 Å². The van der Waals surface area contributed by atoms with Gasteiger partial charge in [0.15, 0.2) is 0 Å². The van der Waals surface area contributed by atoms with Crippen LogP contribution in [-0.2, 0) is 20.1 Å². The van der Waals surface area contributed by atoms with Gasteiger partial charge in [-0.25, -0.2) is 4.31 Å². The van der Waals surface area contributed by atoms with Crippen LogP contribution in [0.1, 0.15) is 32.6 Å². The zero-order chi connectivity index (χ0) is 25.1. The first kappa shape index (κ1) is 33.3. The number of quaternary nitrogens is 1. The molecule has 2 unspecified atom stereocenters. The zero-order valence-electron chi connectivity index (χ0n) is 16.5. The Morgan fingerprint density at radius 2 is 1.31 bits per heavy atom. The summed E-state index contributed by atoms with van der Waals surface area (Å²) in [6.07, 6.45) is -9.04. The quantitative estimate of drug-likeness (QED) is 0.158. The van der Waals surface area contributed by atoms with Crippen molar-refractivity contribution >= 4 is 20.1 Å². The van der Waals surface area contributed by atoms with E-state index in [-0.39, 0.29) is 19.0 Å². The maximum absolute atomic E-state index is 14.0. The first-order chi connectivity index (χ1) is 13.6. The molecule has 0 aliphatic rings. The van der Waals surface area contributed by atoms with E-state index in [1.807, 2.05) is 0 Å². The molecule has 0 saturated carbocycles. The fourth-order valence-corrected chi connectivity index (χ4v) is 4.63. The van der Waals surface area contributed by atoms with Crippen LogP contribution in [0.3, 0.4) is 0 Å². The largest absolute Gasteiger partial charge is 0.463 e. The first-order valence-corrected chi connectivity index (χ1v) is 11.6. The van der Waals surface area contributed by atoms with E-state index in [0.717, 1.165) is 0 Å². The minimum atomic E-state index is -7.45. The van der Waals surface area contributed by atoms with Crippen LogP contribution in [0, 0.1) is 0 Å². The number of nitrogens with one attached hydrogen (secondary N) is 1. The number of aliphatic hydroxyl groups is 1. The Morgan fingerprint density at radius 1 is 0.844 bits per heavy atom. The van der Waals surface area contributed by atoms with Crippen LogP contribution in [-0.4, -0.2) is 74.7 Å². The molecule has 0 aliphatic heterocycles. The van der Waals surface area contributed by atoms with Gasteiger partial charge in [-0.05, 0) is 12.8 Å². The predicted molar refractivity (Wildman–Crippen MR) is 92.1 cm³/mol. The number of hydrogen-bond acceptors (Lipinski definition) is 6. The lowest BCUT2D eigenvalue weighted by molar-refractivity contribution is -0.775. The van der Waals surface area contributed by atoms with Gasteiger partial charge in [-0.3, -0.25) is 4.55 Å². The minimum Gasteiger partial charge on any atom is -0.386 e. The molecule has 0 spiro atoms. The topological polar surface area (TPSA) is 148 Å². The van der Waals surface area contributed by atoms with Crippen molar-refractivity contribution in [2.75, 3.05) is 18.8 Å². The second-order valence-corrected chi connectivity index (χ2v) is 10.2. The van der Waals surface area contributed by atoms with Crippen LogP contribution in [0.2, 0.25) is 0 Å². The summed E-state index contributed by atoms with van der Waals surface area (Å²) >= 11 is 0. The highest BCUT2D eigenvalue weighted by molar-refractivity contribution is 7.86. The Labute approximate surface area is 178 Å². The second-order valence-electron chi connectivity index (χ2n) is 6.62. The summed E-state index contributed by atoms with van der Waals surface area (Å²) in [4.78, 5) is 0. The first-order valence-electron chi connectivity index (χ1n) is 8.49. The Kier molecular flexibility index (Phi) is 11.5. The van der Waals surface area contributed by atoms with E-state index in [4.69, 9.17) is 4.55 Å². The average Bonchev–Trinajstić information content (AvgIpc) is 2.54. The summed E-state index contributed by atoms with van der Waals surface area (Å²) in [6, 6.07) is 0. The predicted octanol–water partition coefficient (Wildman–Crippen LogP) is 1.62. The summed E-state index contributed by atoms with van der Waals surface area (Å²) in [5.74, 6) is -16.5. The molecule has 0 aromatic rings. The number of halogens is 9. The standard InChI is InChI=1S/C13H20F9NO6S2.H3N/c1-2-3-4-5-6-23(7-9(24)8-30(25,26)27)31(28,29)13(21,22)11(16,17)10(14,15)12(18,19)20;/h9,24H,2-8H2,1H3,(H,25,26,27);1H3/p+1. The van der Waals surface area contributed by atoms with Gasteiger partial charge < -0.3 is 11.3 Å². The Hall–Kier alpha value is -0.890. The molecule has 0 aromatic heterocycles. The zero-order valence-corrected chi connectivity index (χ0v) is 18.1. The highest BCUT2D eigenvalue weighted by atomic mass is 32.2. The molecule has 0 radical (unpaired) electrons. The van der Waals surface area contributed by atoms with Crippen molar-refractivity contribution in [2.24, 2.45) is 0 Å². The maximum atomic E-state index is 14.0. The average molecular weight is 539 g/mol. The Bertz CT molecular complexity index is 803. The third-order valence-electron chi connectivity index (χ3n) is 4.01. The van der Waals surface area contributed by atoms with Gasteiger partial charge in [0, 0.05) is 0 Å². The number of alkyl halides is 9. The van der Waals surface area contributed by atoms with E-state index < -0.39 is 72.7 Å². The van der Waals surface area contributed by atoms with E-state index in [1.54, 1.807) is 6.92 Å². The van der Waals surface area contributed by atoms with Crippen molar-refractivity contribution in [3.8, 4) is 0 Å². The molecule has 0 bridgehead atoms. The normalized spacial score (nSPS) is 16.4. The molecule has 0 heterocycles. The van der Waals surface area contributed by atoms with Crippen LogP contribution >= 0.6 is 0 Å². The van der Waals surface area contributed by atoms with Crippen molar-refractivity contribution in [1.82, 2.24) is 6.15 Å². The van der Waals surface area contributed by atoms with Crippen molar-refractivity contribution < 1.29 is 70.3 Å². The van der Waals surface area contributed by atoms with Crippen LogP contribution in [0.25, 0.3) is 0 Å². The molecule has 2 atom stereocenters. The molecule has 0 aliphatic carbocycles. The Balaban J connectivity index is 0. The van der Waals surface area contributed by atoms with Gasteiger partial charge in [-0.15, -0.1) is 0 Å². The second kappa shape index (κ2) is 11.0. The van der Waals surface area contributed by atoms with Gasteiger partial charge in [0.2, 0.25) is 0 Å². The molecule has 0 saturated heterocycles. The van der Waals surface area contributed by atoms with E-state index in [0.29, 0.717) is 12.8 Å². The molecule has 196 valence electrons. The third-order valence-corrected chi connectivity index (χ3v) is 6.88. The van der Waals surface area contributed by atoms with Gasteiger partial charge in [0.25, 0.3) is 10.1 Å². The minimum absolute atomic E-state index is 0. The van der Waals surface area contributed by atoms with Crippen molar-refractivity contribution in [3.05, 3.63) is 0 Å². The number of hydrogen-bond donors (Lipinski definition) is 4. The van der Waals surface area contributed by atoms with Crippen LogP contribution < -0.4 is 10.5 Å². The van der Waals surface area contributed by atoms with Crippen LogP contribution in [0.4, 0.5) is 39.5 Å². The summed E-state index contributed by atoms with van der Waals surface area (Å²) in [5, 5.41) is 2.52.